The van der Waals surface area contributed by atoms with E-state index in [9.17, 15) is 8.42 Å². The molecule has 0 aliphatic rings. The fourth-order valence-corrected chi connectivity index (χ4v) is 3.97. The van der Waals surface area contributed by atoms with E-state index in [1.807, 2.05) is 20.8 Å². The third-order valence-electron chi connectivity index (χ3n) is 3.52. The summed E-state index contributed by atoms with van der Waals surface area (Å²) in [6.45, 7) is 9.55. The van der Waals surface area contributed by atoms with Crippen molar-refractivity contribution in [1.29, 1.82) is 0 Å². The van der Waals surface area contributed by atoms with Gasteiger partial charge in [0.05, 0.1) is 17.7 Å². The van der Waals surface area contributed by atoms with Crippen LogP contribution in [0.1, 0.15) is 25.8 Å². The van der Waals surface area contributed by atoms with Crippen LogP contribution in [0.2, 0.25) is 0 Å². The van der Waals surface area contributed by atoms with Gasteiger partial charge in [-0.15, -0.1) is 11.7 Å². The number of rotatable bonds is 8. The normalized spacial score (nSPS) is 13.9. The molecule has 0 amide bonds. The van der Waals surface area contributed by atoms with E-state index in [4.69, 9.17) is 5.21 Å². The number of aryl methyl sites for hydroxylation is 1. The molecule has 0 radical (unpaired) electrons. The Bertz CT molecular complexity index is 607. The molecule has 1 aromatic carbocycles. The molecule has 22 heavy (non-hydrogen) atoms. The molecule has 0 aliphatic heterocycles. The lowest BCUT2D eigenvalue weighted by Gasteiger charge is -2.32. The highest BCUT2D eigenvalue weighted by molar-refractivity contribution is 7.89. The molecular weight excluding hydrogens is 300 g/mol. The van der Waals surface area contributed by atoms with Crippen LogP contribution in [-0.2, 0) is 10.0 Å². The summed E-state index contributed by atoms with van der Waals surface area (Å²) in [5, 5.41) is 11.6. The Morgan fingerprint density at radius 2 is 1.91 bits per heavy atom. The van der Waals surface area contributed by atoms with Crippen LogP contribution in [0.25, 0.3) is 0 Å². The molecule has 1 unspecified atom stereocenters. The second kappa shape index (κ2) is 8.10. The van der Waals surface area contributed by atoms with Gasteiger partial charge in [-0.1, -0.05) is 37.6 Å². The minimum Gasteiger partial charge on any atom is -0.411 e. The van der Waals surface area contributed by atoms with Crippen LogP contribution in [-0.4, -0.2) is 36.7 Å². The third-order valence-corrected chi connectivity index (χ3v) is 5.42. The predicted molar refractivity (Wildman–Crippen MR) is 88.8 cm³/mol. The Hall–Kier alpha value is -1.66. The molecule has 5 nitrogen and oxygen atoms in total. The highest BCUT2D eigenvalue weighted by Crippen LogP contribution is 2.24. The summed E-state index contributed by atoms with van der Waals surface area (Å²) in [5.41, 5.74) is 0.994. The van der Waals surface area contributed by atoms with E-state index >= 15 is 0 Å². The van der Waals surface area contributed by atoms with Gasteiger partial charge in [0.15, 0.2) is 0 Å². The van der Waals surface area contributed by atoms with Crippen molar-refractivity contribution >= 4 is 16.2 Å². The lowest BCUT2D eigenvalue weighted by molar-refractivity contribution is 0.278. The van der Waals surface area contributed by atoms with Crippen LogP contribution in [0.15, 0.2) is 47.0 Å². The fourth-order valence-electron chi connectivity index (χ4n) is 2.27. The van der Waals surface area contributed by atoms with E-state index in [0.29, 0.717) is 6.42 Å². The van der Waals surface area contributed by atoms with Crippen molar-refractivity contribution in [3.05, 3.63) is 42.5 Å². The summed E-state index contributed by atoms with van der Waals surface area (Å²) in [4.78, 5) is 0.235. The summed E-state index contributed by atoms with van der Waals surface area (Å²) in [5.74, 6) is 0.102. The average molecular weight is 324 g/mol. The lowest BCUT2D eigenvalue weighted by atomic mass is 10.0. The van der Waals surface area contributed by atoms with Crippen molar-refractivity contribution in [3.63, 3.8) is 0 Å². The van der Waals surface area contributed by atoms with E-state index in [2.05, 4.69) is 11.7 Å². The molecule has 1 rings (SSSR count). The van der Waals surface area contributed by atoms with E-state index in [1.165, 1.54) is 10.5 Å². The Labute approximate surface area is 133 Å². The summed E-state index contributed by atoms with van der Waals surface area (Å²) >= 11 is 0. The van der Waals surface area contributed by atoms with Crippen LogP contribution in [0.3, 0.4) is 0 Å². The number of sulfonamides is 1. The van der Waals surface area contributed by atoms with Crippen molar-refractivity contribution < 1.29 is 13.6 Å². The minimum absolute atomic E-state index is 0.0173. The van der Waals surface area contributed by atoms with Gasteiger partial charge in [0.25, 0.3) is 0 Å². The summed E-state index contributed by atoms with van der Waals surface area (Å²) in [7, 11) is -3.67. The number of benzene rings is 1. The molecule has 0 aliphatic carbocycles. The summed E-state index contributed by atoms with van der Waals surface area (Å²) < 4.78 is 27.2. The second-order valence-corrected chi connectivity index (χ2v) is 7.41. The lowest BCUT2D eigenvalue weighted by Crippen LogP contribution is -2.44. The SMILES string of the molecule is C=CCC(C(C)C)N(C/C=N\O)S(=O)(=O)c1ccc(C)cc1. The monoisotopic (exact) mass is 324 g/mol. The maximum Gasteiger partial charge on any atom is 0.243 e. The molecule has 1 aromatic rings. The minimum atomic E-state index is -3.67. The first-order valence-electron chi connectivity index (χ1n) is 7.20. The predicted octanol–water partition coefficient (Wildman–Crippen LogP) is 3.05. The molecule has 6 heteroatoms. The first-order valence-corrected chi connectivity index (χ1v) is 8.64. The van der Waals surface area contributed by atoms with Gasteiger partial charge >= 0.3 is 0 Å². The van der Waals surface area contributed by atoms with Gasteiger partial charge in [0, 0.05) is 6.04 Å². The van der Waals surface area contributed by atoms with Gasteiger partial charge in [-0.2, -0.15) is 4.31 Å². The topological polar surface area (TPSA) is 70.0 Å². The van der Waals surface area contributed by atoms with Gasteiger partial charge in [0.1, 0.15) is 0 Å². The zero-order valence-electron chi connectivity index (χ0n) is 13.3. The number of nitrogens with zero attached hydrogens (tertiary/aromatic N) is 2. The number of oxime groups is 1. The van der Waals surface area contributed by atoms with Crippen molar-refractivity contribution in [1.82, 2.24) is 4.31 Å². The molecule has 0 saturated heterocycles. The molecule has 0 fully saturated rings. The molecule has 1 N–H and O–H groups in total. The average Bonchev–Trinajstić information content (AvgIpc) is 2.46. The largest absolute Gasteiger partial charge is 0.411 e. The highest BCUT2D eigenvalue weighted by Gasteiger charge is 2.32. The van der Waals surface area contributed by atoms with Gasteiger partial charge in [0.2, 0.25) is 10.0 Å². The Balaban J connectivity index is 3.29. The van der Waals surface area contributed by atoms with Crippen LogP contribution < -0.4 is 0 Å². The quantitative estimate of drug-likeness (QED) is 0.346. The van der Waals surface area contributed by atoms with Crippen LogP contribution in [0.4, 0.5) is 0 Å². The Morgan fingerprint density at radius 1 is 1.32 bits per heavy atom. The Kier molecular flexibility index (Phi) is 6.77. The molecule has 0 spiro atoms. The number of hydrogen-bond donors (Lipinski definition) is 1. The standard InChI is InChI=1S/C16H24N2O3S/c1-5-6-16(13(2)3)18(12-11-17-19)22(20,21)15-9-7-14(4)8-10-15/h5,7-11,13,16,19H,1,6,12H2,2-4H3/b17-11-. The van der Waals surface area contributed by atoms with E-state index < -0.39 is 10.0 Å². The van der Waals surface area contributed by atoms with Crippen molar-refractivity contribution in [3.8, 4) is 0 Å². The van der Waals surface area contributed by atoms with Crippen molar-refractivity contribution in [2.45, 2.75) is 38.1 Å². The molecule has 0 heterocycles. The van der Waals surface area contributed by atoms with Gasteiger partial charge < -0.3 is 5.21 Å². The summed E-state index contributed by atoms with van der Waals surface area (Å²) in [6.07, 6.45) is 3.42. The first kappa shape index (κ1) is 18.4. The highest BCUT2D eigenvalue weighted by atomic mass is 32.2. The molecule has 122 valence electrons. The van der Waals surface area contributed by atoms with Gasteiger partial charge in [-0.05, 0) is 31.4 Å². The zero-order valence-corrected chi connectivity index (χ0v) is 14.1. The molecule has 1 atom stereocenters. The summed E-state index contributed by atoms with van der Waals surface area (Å²) in [6, 6.07) is 6.48. The third kappa shape index (κ3) is 4.42. The number of hydrogen-bond acceptors (Lipinski definition) is 4. The van der Waals surface area contributed by atoms with Gasteiger partial charge in [-0.25, -0.2) is 8.42 Å². The van der Waals surface area contributed by atoms with Crippen LogP contribution in [0.5, 0.6) is 0 Å². The van der Waals surface area contributed by atoms with Crippen molar-refractivity contribution in [2.24, 2.45) is 11.1 Å². The maximum atomic E-state index is 12.9. The molecule has 0 aromatic heterocycles. The fraction of sp³-hybridized carbons (Fsp3) is 0.438. The first-order chi connectivity index (χ1) is 10.3. The van der Waals surface area contributed by atoms with Crippen molar-refractivity contribution in [2.75, 3.05) is 6.54 Å². The van der Waals surface area contributed by atoms with Gasteiger partial charge in [-0.3, -0.25) is 0 Å². The smallest absolute Gasteiger partial charge is 0.243 e. The maximum absolute atomic E-state index is 12.9. The molecule has 0 saturated carbocycles. The Morgan fingerprint density at radius 3 is 2.36 bits per heavy atom. The van der Waals surface area contributed by atoms with E-state index in [-0.39, 0.29) is 23.4 Å². The molecular formula is C16H24N2O3S. The van der Waals surface area contributed by atoms with Crippen LogP contribution >= 0.6 is 0 Å². The van der Waals surface area contributed by atoms with E-state index in [0.717, 1.165) is 5.56 Å². The van der Waals surface area contributed by atoms with E-state index in [1.54, 1.807) is 30.3 Å². The second-order valence-electron chi connectivity index (χ2n) is 5.52. The zero-order chi connectivity index (χ0) is 16.8. The molecule has 0 bridgehead atoms. The van der Waals surface area contributed by atoms with Crippen LogP contribution in [0, 0.1) is 12.8 Å².